The average molecular weight is 213 g/mol. The van der Waals surface area contributed by atoms with Crippen LogP contribution in [0.3, 0.4) is 0 Å². The highest BCUT2D eigenvalue weighted by atomic mass is 32.1. The molecule has 1 aliphatic rings. The maximum Gasteiger partial charge on any atom is 0.422 e. The van der Waals surface area contributed by atoms with Crippen molar-refractivity contribution in [1.29, 1.82) is 0 Å². The molecule has 0 unspecified atom stereocenters. The lowest BCUT2D eigenvalue weighted by Gasteiger charge is -2.28. The molecule has 0 atom stereocenters. The molecular formula is C10H15NO2S. The molecule has 0 aromatic carbocycles. The largest absolute Gasteiger partial charge is 0.422 e. The molecule has 14 heavy (non-hydrogen) atoms. The topological polar surface area (TPSA) is 29.5 Å². The van der Waals surface area contributed by atoms with Crippen LogP contribution >= 0.6 is 12.9 Å². The number of nitrogens with zero attached hydrogens (tertiary/aromatic N) is 1. The van der Waals surface area contributed by atoms with Gasteiger partial charge in [0.1, 0.15) is 0 Å². The number of allylic oxidation sites excluding steroid dienone is 2. The van der Waals surface area contributed by atoms with Crippen LogP contribution < -0.4 is 0 Å². The molecule has 0 aromatic heterocycles. The zero-order chi connectivity index (χ0) is 10.6. The van der Waals surface area contributed by atoms with Crippen molar-refractivity contribution in [3.05, 3.63) is 23.3 Å². The van der Waals surface area contributed by atoms with Gasteiger partial charge in [0, 0.05) is 26.0 Å². The molecule has 0 saturated carbocycles. The Balaban J connectivity index is 2.72. The maximum atomic E-state index is 11.2. The number of rotatable bonds is 0. The Kier molecular flexibility index (Phi) is 4.07. The van der Waals surface area contributed by atoms with E-state index in [1.807, 2.05) is 19.9 Å². The molecule has 0 radical (unpaired) electrons. The van der Waals surface area contributed by atoms with Crippen molar-refractivity contribution < 1.29 is 8.98 Å². The molecule has 3 nitrogen and oxygen atoms in total. The highest BCUT2D eigenvalue weighted by Gasteiger charge is 2.22. The molecule has 1 fully saturated rings. The monoisotopic (exact) mass is 213 g/mol. The second-order valence-corrected chi connectivity index (χ2v) is 3.34. The molecule has 1 heterocycles. The molecular weight excluding hydrogens is 198 g/mol. The maximum absolute atomic E-state index is 11.2. The van der Waals surface area contributed by atoms with Crippen molar-refractivity contribution in [2.45, 2.75) is 20.3 Å². The van der Waals surface area contributed by atoms with Crippen LogP contribution in [0.4, 0.5) is 4.79 Å². The summed E-state index contributed by atoms with van der Waals surface area (Å²) in [6, 6.07) is 0. The molecule has 1 rings (SSSR count). The fourth-order valence-corrected chi connectivity index (χ4v) is 1.74. The fourth-order valence-electron chi connectivity index (χ4n) is 1.62. The van der Waals surface area contributed by atoms with Crippen LogP contribution in [-0.4, -0.2) is 24.1 Å². The van der Waals surface area contributed by atoms with Gasteiger partial charge in [0.05, 0.1) is 0 Å². The Morgan fingerprint density at radius 1 is 1.43 bits per heavy atom. The van der Waals surface area contributed by atoms with Gasteiger partial charge >= 0.3 is 6.09 Å². The molecule has 0 N–H and O–H groups in total. The molecule has 1 saturated heterocycles. The summed E-state index contributed by atoms with van der Waals surface area (Å²) in [5.74, 6) is 0. The van der Waals surface area contributed by atoms with E-state index in [0.717, 1.165) is 6.42 Å². The van der Waals surface area contributed by atoms with Crippen molar-refractivity contribution in [3.63, 3.8) is 0 Å². The molecule has 78 valence electrons. The van der Waals surface area contributed by atoms with Gasteiger partial charge in [-0.05, 0) is 31.4 Å². The summed E-state index contributed by atoms with van der Waals surface area (Å²) in [6.07, 6.45) is 4.65. The third kappa shape index (κ3) is 2.32. The summed E-state index contributed by atoms with van der Waals surface area (Å²) >= 11 is 3.50. The van der Waals surface area contributed by atoms with Gasteiger partial charge in [-0.2, -0.15) is 0 Å². The van der Waals surface area contributed by atoms with Crippen LogP contribution in [0.5, 0.6) is 0 Å². The Morgan fingerprint density at radius 2 is 2.07 bits per heavy atom. The Labute approximate surface area is 90.0 Å². The van der Waals surface area contributed by atoms with Crippen LogP contribution in [0.15, 0.2) is 23.3 Å². The molecule has 0 bridgehead atoms. The third-order valence-electron chi connectivity index (χ3n) is 2.46. The third-order valence-corrected chi connectivity index (χ3v) is 2.61. The Bertz CT molecular complexity index is 284. The van der Waals surface area contributed by atoms with Gasteiger partial charge < -0.3 is 9.08 Å². The number of carbonyl (C=O) groups excluding carboxylic acids is 1. The summed E-state index contributed by atoms with van der Waals surface area (Å²) < 4.78 is 4.39. The minimum Gasteiger partial charge on any atom is -0.378 e. The zero-order valence-electron chi connectivity index (χ0n) is 8.49. The van der Waals surface area contributed by atoms with Crippen molar-refractivity contribution in [1.82, 2.24) is 4.90 Å². The van der Waals surface area contributed by atoms with Gasteiger partial charge in [-0.1, -0.05) is 12.2 Å². The first-order valence-corrected chi connectivity index (χ1v) is 5.00. The number of amides is 1. The second kappa shape index (κ2) is 5.10. The molecule has 1 amide bonds. The lowest BCUT2D eigenvalue weighted by Crippen LogP contribution is -2.36. The summed E-state index contributed by atoms with van der Waals surface area (Å²) in [4.78, 5) is 12.9. The highest BCUT2D eigenvalue weighted by Crippen LogP contribution is 2.22. The van der Waals surface area contributed by atoms with E-state index in [0.29, 0.717) is 13.1 Å². The first kappa shape index (κ1) is 11.2. The Morgan fingerprint density at radius 3 is 2.57 bits per heavy atom. The van der Waals surface area contributed by atoms with E-state index in [2.05, 4.69) is 23.2 Å². The van der Waals surface area contributed by atoms with Gasteiger partial charge in [0.15, 0.2) is 0 Å². The van der Waals surface area contributed by atoms with E-state index >= 15 is 0 Å². The van der Waals surface area contributed by atoms with Crippen LogP contribution in [0.2, 0.25) is 0 Å². The SMILES string of the molecule is C/C=C1/CCN(C(=O)OS)C/C1=C/C. The number of likely N-dealkylation sites (tertiary alicyclic amines) is 1. The molecule has 0 aromatic rings. The molecule has 0 aliphatic carbocycles. The number of carbonyl (C=O) groups is 1. The van der Waals surface area contributed by atoms with E-state index in [9.17, 15) is 4.79 Å². The van der Waals surface area contributed by atoms with Gasteiger partial charge in [-0.3, -0.25) is 0 Å². The smallest absolute Gasteiger partial charge is 0.378 e. The number of thiol groups is 1. The first-order valence-electron chi connectivity index (χ1n) is 4.64. The van der Waals surface area contributed by atoms with Gasteiger partial charge in [-0.25, -0.2) is 4.79 Å². The molecule has 0 spiro atoms. The zero-order valence-corrected chi connectivity index (χ0v) is 9.38. The van der Waals surface area contributed by atoms with Crippen molar-refractivity contribution in [2.24, 2.45) is 0 Å². The lowest BCUT2D eigenvalue weighted by atomic mass is 9.98. The van der Waals surface area contributed by atoms with Gasteiger partial charge in [0.25, 0.3) is 0 Å². The molecule has 4 heteroatoms. The Hall–Kier alpha value is -0.900. The minimum absolute atomic E-state index is 0.372. The van der Waals surface area contributed by atoms with Crippen molar-refractivity contribution >= 4 is 19.0 Å². The predicted octanol–water partition coefficient (Wildman–Crippen LogP) is 2.57. The number of hydrogen-bond donors (Lipinski definition) is 1. The first-order chi connectivity index (χ1) is 6.72. The average Bonchev–Trinajstić information content (AvgIpc) is 2.26. The number of hydrogen-bond acceptors (Lipinski definition) is 3. The normalized spacial score (nSPS) is 22.9. The summed E-state index contributed by atoms with van der Waals surface area (Å²) in [7, 11) is 0. The number of piperidine rings is 1. The molecule has 1 aliphatic heterocycles. The highest BCUT2D eigenvalue weighted by molar-refractivity contribution is 7.75. The van der Waals surface area contributed by atoms with E-state index in [1.165, 1.54) is 11.1 Å². The predicted molar refractivity (Wildman–Crippen MR) is 59.2 cm³/mol. The summed E-state index contributed by atoms with van der Waals surface area (Å²) in [5.41, 5.74) is 2.51. The van der Waals surface area contributed by atoms with E-state index in [1.54, 1.807) is 4.90 Å². The lowest BCUT2D eigenvalue weighted by molar-refractivity contribution is 0.163. The van der Waals surface area contributed by atoms with Crippen molar-refractivity contribution in [2.75, 3.05) is 13.1 Å². The summed E-state index contributed by atoms with van der Waals surface area (Å²) in [6.45, 7) is 5.33. The van der Waals surface area contributed by atoms with Gasteiger partial charge in [-0.15, -0.1) is 0 Å². The fraction of sp³-hybridized carbons (Fsp3) is 0.500. The van der Waals surface area contributed by atoms with Crippen LogP contribution in [0.1, 0.15) is 20.3 Å². The van der Waals surface area contributed by atoms with Crippen LogP contribution in [0.25, 0.3) is 0 Å². The van der Waals surface area contributed by atoms with Gasteiger partial charge in [0.2, 0.25) is 0 Å². The van der Waals surface area contributed by atoms with E-state index < -0.39 is 0 Å². The van der Waals surface area contributed by atoms with Crippen LogP contribution in [0, 0.1) is 0 Å². The minimum atomic E-state index is -0.372. The quantitative estimate of drug-likeness (QED) is 0.495. The standard InChI is InChI=1S/C10H15NO2S/c1-3-8-5-6-11(10(12)13-14)7-9(8)4-2/h3-4,14H,5-7H2,1-2H3/b8-3-,9-4-. The summed E-state index contributed by atoms with van der Waals surface area (Å²) in [5, 5.41) is 0. The van der Waals surface area contributed by atoms with E-state index in [-0.39, 0.29) is 6.09 Å². The van der Waals surface area contributed by atoms with Crippen molar-refractivity contribution in [3.8, 4) is 0 Å². The van der Waals surface area contributed by atoms with Crippen LogP contribution in [-0.2, 0) is 4.18 Å². The second-order valence-electron chi connectivity index (χ2n) is 3.16. The van der Waals surface area contributed by atoms with E-state index in [4.69, 9.17) is 0 Å².